The first-order valence-electron chi connectivity index (χ1n) is 6.43. The molecule has 8 nitrogen and oxygen atoms in total. The summed E-state index contributed by atoms with van der Waals surface area (Å²) in [5.74, 6) is 10.1. The van der Waals surface area contributed by atoms with Gasteiger partial charge in [-0.25, -0.2) is 11.7 Å². The van der Waals surface area contributed by atoms with Crippen LogP contribution in [0.2, 0.25) is 5.02 Å². The Labute approximate surface area is 140 Å². The molecule has 1 aromatic carbocycles. The molecule has 0 aromatic heterocycles. The second kappa shape index (κ2) is 11.2. The standard InChI is InChI=1S/C13H17ClN4O.CH4N2O/c1-9(6-7-15)13(16)19-8-10-11(14)4-3-5-12(10)18(2)17;2-3-1-4/h3-7,15-16H,8,17H2,1-2H3;1H,2H2,(H,3,4)/b9-6-,15-7?,16-13?;. The zero-order valence-corrected chi connectivity index (χ0v) is 13.7. The molecule has 0 bridgehead atoms. The molecule has 0 saturated carbocycles. The van der Waals surface area contributed by atoms with Gasteiger partial charge in [0.25, 0.3) is 0 Å². The lowest BCUT2D eigenvalue weighted by molar-refractivity contribution is -0.109. The molecule has 126 valence electrons. The third-order valence-corrected chi connectivity index (χ3v) is 2.95. The van der Waals surface area contributed by atoms with Crippen LogP contribution in [0.15, 0.2) is 29.8 Å². The van der Waals surface area contributed by atoms with Crippen LogP contribution in [0, 0.1) is 10.8 Å². The minimum Gasteiger partial charge on any atom is -0.473 e. The monoisotopic (exact) mass is 340 g/mol. The van der Waals surface area contributed by atoms with E-state index >= 15 is 0 Å². The Kier molecular flexibility index (Phi) is 10.0. The minimum atomic E-state index is 0.00837. The lowest BCUT2D eigenvalue weighted by Gasteiger charge is -2.18. The predicted molar refractivity (Wildman–Crippen MR) is 92.5 cm³/mol. The molecule has 0 fully saturated rings. The fourth-order valence-electron chi connectivity index (χ4n) is 1.48. The fourth-order valence-corrected chi connectivity index (χ4v) is 1.70. The van der Waals surface area contributed by atoms with E-state index in [0.29, 0.717) is 17.0 Å². The van der Waals surface area contributed by atoms with E-state index in [-0.39, 0.29) is 12.5 Å². The van der Waals surface area contributed by atoms with E-state index in [4.69, 9.17) is 37.8 Å². The van der Waals surface area contributed by atoms with E-state index in [1.165, 1.54) is 11.1 Å². The Morgan fingerprint density at radius 2 is 2.13 bits per heavy atom. The number of nitrogens with two attached hydrogens (primary N) is 2. The first-order chi connectivity index (χ1) is 10.9. The van der Waals surface area contributed by atoms with Crippen molar-refractivity contribution in [2.75, 3.05) is 12.1 Å². The summed E-state index contributed by atoms with van der Waals surface area (Å²) in [6.07, 6.45) is 3.01. The molecule has 0 atom stereocenters. The summed E-state index contributed by atoms with van der Waals surface area (Å²) in [5, 5.41) is 16.7. The van der Waals surface area contributed by atoms with Crippen molar-refractivity contribution in [1.82, 2.24) is 5.43 Å². The minimum absolute atomic E-state index is 0.00837. The molecular weight excluding hydrogens is 320 g/mol. The number of carbonyl (C=O) groups excluding carboxylic acids is 1. The average molecular weight is 341 g/mol. The van der Waals surface area contributed by atoms with Crippen LogP contribution in [0.25, 0.3) is 0 Å². The number of amides is 1. The van der Waals surface area contributed by atoms with Crippen molar-refractivity contribution < 1.29 is 9.53 Å². The number of hydrogen-bond donors (Lipinski definition) is 5. The topological polar surface area (TPSA) is 141 Å². The molecule has 0 spiro atoms. The molecule has 1 rings (SSSR count). The smallest absolute Gasteiger partial charge is 0.221 e. The number of halogens is 1. The van der Waals surface area contributed by atoms with Gasteiger partial charge in [-0.15, -0.1) is 0 Å². The maximum absolute atomic E-state index is 8.94. The number of nitrogens with zero attached hydrogens (tertiary/aromatic N) is 1. The summed E-state index contributed by atoms with van der Waals surface area (Å²) in [5.41, 5.74) is 3.79. The number of ether oxygens (including phenoxy) is 1. The number of hydrazine groups is 2. The van der Waals surface area contributed by atoms with Crippen molar-refractivity contribution in [3.05, 3.63) is 40.4 Å². The van der Waals surface area contributed by atoms with Crippen LogP contribution in [0.5, 0.6) is 0 Å². The second-order valence-corrected chi connectivity index (χ2v) is 4.67. The molecule has 0 aliphatic rings. The molecule has 0 aliphatic heterocycles. The van der Waals surface area contributed by atoms with E-state index in [1.807, 2.05) is 6.07 Å². The summed E-state index contributed by atoms with van der Waals surface area (Å²) in [6, 6.07) is 5.38. The van der Waals surface area contributed by atoms with Gasteiger partial charge in [0, 0.05) is 29.4 Å². The lowest BCUT2D eigenvalue weighted by Crippen LogP contribution is -2.26. The molecule has 1 amide bonds. The van der Waals surface area contributed by atoms with Crippen LogP contribution in [0.3, 0.4) is 0 Å². The Hall–Kier alpha value is -2.42. The normalized spacial score (nSPS) is 10.0. The molecule has 0 saturated heterocycles. The molecule has 0 heterocycles. The van der Waals surface area contributed by atoms with E-state index in [0.717, 1.165) is 17.5 Å². The van der Waals surface area contributed by atoms with Crippen LogP contribution >= 0.6 is 11.6 Å². The third kappa shape index (κ3) is 7.41. The van der Waals surface area contributed by atoms with Crippen molar-refractivity contribution in [1.29, 1.82) is 10.8 Å². The van der Waals surface area contributed by atoms with Gasteiger partial charge >= 0.3 is 0 Å². The molecule has 0 unspecified atom stereocenters. The Morgan fingerprint density at radius 1 is 1.52 bits per heavy atom. The Bertz CT molecular complexity index is 574. The molecular formula is C14H21ClN6O2. The van der Waals surface area contributed by atoms with Crippen molar-refractivity contribution >= 4 is 35.8 Å². The van der Waals surface area contributed by atoms with Crippen LogP contribution < -0.4 is 22.1 Å². The highest BCUT2D eigenvalue weighted by Crippen LogP contribution is 2.26. The lowest BCUT2D eigenvalue weighted by atomic mass is 10.2. The van der Waals surface area contributed by atoms with Gasteiger partial charge in [-0.2, -0.15) is 0 Å². The van der Waals surface area contributed by atoms with Crippen LogP contribution in [-0.4, -0.2) is 25.6 Å². The van der Waals surface area contributed by atoms with Crippen molar-refractivity contribution in [3.63, 3.8) is 0 Å². The molecule has 9 heteroatoms. The zero-order valence-electron chi connectivity index (χ0n) is 13.0. The maximum Gasteiger partial charge on any atom is 0.221 e. The van der Waals surface area contributed by atoms with Gasteiger partial charge in [-0.1, -0.05) is 17.7 Å². The van der Waals surface area contributed by atoms with E-state index in [2.05, 4.69) is 5.84 Å². The molecule has 0 radical (unpaired) electrons. The number of hydrogen-bond acceptors (Lipinski definition) is 7. The number of benzene rings is 1. The second-order valence-electron chi connectivity index (χ2n) is 4.27. The van der Waals surface area contributed by atoms with Crippen molar-refractivity contribution in [2.45, 2.75) is 13.5 Å². The highest BCUT2D eigenvalue weighted by molar-refractivity contribution is 6.31. The summed E-state index contributed by atoms with van der Waals surface area (Å²) < 4.78 is 5.36. The van der Waals surface area contributed by atoms with Crippen molar-refractivity contribution in [2.24, 2.45) is 11.7 Å². The summed E-state index contributed by atoms with van der Waals surface area (Å²) in [6.45, 7) is 1.86. The van der Waals surface area contributed by atoms with Gasteiger partial charge in [0.2, 0.25) is 12.3 Å². The SMILES string of the molecule is C/C(=C/C=N)C(=N)OCc1c(Cl)cccc1N(C)N.NNC=O. The summed E-state index contributed by atoms with van der Waals surface area (Å²) in [7, 11) is 1.71. The fraction of sp³-hybridized carbons (Fsp3) is 0.214. The number of rotatable bonds is 6. The summed E-state index contributed by atoms with van der Waals surface area (Å²) >= 11 is 6.11. The van der Waals surface area contributed by atoms with Gasteiger partial charge in [-0.3, -0.25) is 15.6 Å². The number of nitrogens with one attached hydrogen (secondary N) is 3. The molecule has 0 aliphatic carbocycles. The summed E-state index contributed by atoms with van der Waals surface area (Å²) in [4.78, 5) is 8.94. The van der Waals surface area contributed by atoms with Gasteiger partial charge in [0.1, 0.15) is 6.61 Å². The highest BCUT2D eigenvalue weighted by atomic mass is 35.5. The molecule has 23 heavy (non-hydrogen) atoms. The van der Waals surface area contributed by atoms with Crippen molar-refractivity contribution in [3.8, 4) is 0 Å². The van der Waals surface area contributed by atoms with Crippen LogP contribution in [-0.2, 0) is 16.1 Å². The highest BCUT2D eigenvalue weighted by Gasteiger charge is 2.11. The number of allylic oxidation sites excluding steroid dienone is 1. The third-order valence-electron chi connectivity index (χ3n) is 2.59. The number of anilines is 1. The van der Waals surface area contributed by atoms with Gasteiger partial charge in [0.05, 0.1) is 5.69 Å². The average Bonchev–Trinajstić information content (AvgIpc) is 2.53. The van der Waals surface area contributed by atoms with Gasteiger partial charge in [0.15, 0.2) is 0 Å². The van der Waals surface area contributed by atoms with E-state index < -0.39 is 0 Å². The first kappa shape index (κ1) is 20.6. The Morgan fingerprint density at radius 3 is 2.61 bits per heavy atom. The van der Waals surface area contributed by atoms with Gasteiger partial charge < -0.3 is 15.2 Å². The van der Waals surface area contributed by atoms with Crippen LogP contribution in [0.4, 0.5) is 5.69 Å². The number of carbonyl (C=O) groups is 1. The van der Waals surface area contributed by atoms with Gasteiger partial charge in [-0.05, 0) is 25.1 Å². The quantitative estimate of drug-likeness (QED) is 0.133. The van der Waals surface area contributed by atoms with E-state index in [1.54, 1.807) is 31.5 Å². The van der Waals surface area contributed by atoms with E-state index in [9.17, 15) is 0 Å². The zero-order chi connectivity index (χ0) is 17.8. The maximum atomic E-state index is 8.94. The Balaban J connectivity index is 0.00000108. The predicted octanol–water partition coefficient (Wildman–Crippen LogP) is 1.35. The first-order valence-corrected chi connectivity index (χ1v) is 6.81. The largest absolute Gasteiger partial charge is 0.473 e. The molecule has 1 aromatic rings. The molecule has 7 N–H and O–H groups in total. The van der Waals surface area contributed by atoms with Crippen LogP contribution in [0.1, 0.15) is 12.5 Å².